The smallest absolute Gasteiger partial charge is 0.329 e. The van der Waals surface area contributed by atoms with Gasteiger partial charge in [-0.05, 0) is 49.4 Å². The molecule has 0 amide bonds. The van der Waals surface area contributed by atoms with Crippen molar-refractivity contribution in [3.8, 4) is 0 Å². The van der Waals surface area contributed by atoms with Gasteiger partial charge in [-0.15, -0.1) is 0 Å². The monoisotopic (exact) mass is 409 g/mol. The van der Waals surface area contributed by atoms with E-state index in [0.717, 1.165) is 53.6 Å². The lowest BCUT2D eigenvalue weighted by molar-refractivity contribution is 0.511. The fraction of sp³-hybridized carbons (Fsp3) is 0.409. The minimum Gasteiger partial charge on any atom is -0.342 e. The largest absolute Gasteiger partial charge is 0.342 e. The molecule has 1 aliphatic rings. The van der Waals surface area contributed by atoms with E-state index in [1.54, 1.807) is 12.4 Å². The Kier molecular flexibility index (Phi) is 4.46. The summed E-state index contributed by atoms with van der Waals surface area (Å²) >= 11 is 6.13. The Labute approximate surface area is 173 Å². The fourth-order valence-corrected chi connectivity index (χ4v) is 4.23. The highest BCUT2D eigenvalue weighted by molar-refractivity contribution is 6.29. The second-order valence-corrected chi connectivity index (χ2v) is 8.73. The molecule has 4 aromatic heterocycles. The van der Waals surface area contributed by atoms with E-state index in [1.165, 1.54) is 0 Å². The predicted octanol–water partition coefficient (Wildman–Crippen LogP) is 4.63. The van der Waals surface area contributed by atoms with Crippen molar-refractivity contribution < 1.29 is 0 Å². The summed E-state index contributed by atoms with van der Waals surface area (Å²) in [6, 6.07) is 8.17. The molecule has 1 aliphatic carbocycles. The van der Waals surface area contributed by atoms with E-state index in [9.17, 15) is 4.79 Å². The third-order valence-electron chi connectivity index (χ3n) is 5.74. The molecule has 0 bridgehead atoms. The number of imidazole rings is 1. The number of hydrogen-bond donors (Lipinski definition) is 0. The Morgan fingerprint density at radius 1 is 1.14 bits per heavy atom. The highest BCUT2D eigenvalue weighted by atomic mass is 35.5. The van der Waals surface area contributed by atoms with Gasteiger partial charge in [0.2, 0.25) is 0 Å². The van der Waals surface area contributed by atoms with Crippen molar-refractivity contribution in [2.24, 2.45) is 5.92 Å². The number of aromatic nitrogens is 5. The Hall–Kier alpha value is -2.60. The van der Waals surface area contributed by atoms with E-state index >= 15 is 0 Å². The lowest BCUT2D eigenvalue weighted by Gasteiger charge is -2.13. The van der Waals surface area contributed by atoms with Crippen LogP contribution in [-0.4, -0.2) is 23.7 Å². The highest BCUT2D eigenvalue weighted by Gasteiger charge is 2.29. The van der Waals surface area contributed by atoms with Gasteiger partial charge in [0.05, 0.1) is 34.8 Å². The van der Waals surface area contributed by atoms with Gasteiger partial charge < -0.3 is 4.57 Å². The molecule has 150 valence electrons. The van der Waals surface area contributed by atoms with Crippen LogP contribution in [0.4, 0.5) is 0 Å². The second-order valence-electron chi connectivity index (χ2n) is 8.34. The minimum atomic E-state index is 0.0437. The van der Waals surface area contributed by atoms with Crippen LogP contribution in [0.2, 0.25) is 5.15 Å². The van der Waals surface area contributed by atoms with Crippen molar-refractivity contribution in [2.75, 3.05) is 0 Å². The number of rotatable bonds is 6. The maximum absolute atomic E-state index is 13.3. The third kappa shape index (κ3) is 3.25. The molecule has 1 saturated carbocycles. The first-order valence-electron chi connectivity index (χ1n) is 10.2. The molecule has 1 fully saturated rings. The number of fused-ring (bicyclic) bond motifs is 2. The molecular weight excluding hydrogens is 386 g/mol. The zero-order valence-corrected chi connectivity index (χ0v) is 17.4. The van der Waals surface area contributed by atoms with E-state index in [2.05, 4.69) is 34.4 Å². The van der Waals surface area contributed by atoms with Crippen LogP contribution in [0.5, 0.6) is 0 Å². The first-order valence-corrected chi connectivity index (χ1v) is 10.6. The van der Waals surface area contributed by atoms with Gasteiger partial charge in [0.25, 0.3) is 0 Å². The Balaban J connectivity index is 1.65. The lowest BCUT2D eigenvalue weighted by Crippen LogP contribution is -2.25. The van der Waals surface area contributed by atoms with Crippen molar-refractivity contribution in [2.45, 2.75) is 52.2 Å². The summed E-state index contributed by atoms with van der Waals surface area (Å²) in [6.45, 7) is 5.82. The minimum absolute atomic E-state index is 0.0437. The summed E-state index contributed by atoms with van der Waals surface area (Å²) in [7, 11) is 0. The van der Waals surface area contributed by atoms with Crippen molar-refractivity contribution in [1.82, 2.24) is 23.7 Å². The maximum Gasteiger partial charge on any atom is 0.329 e. The van der Waals surface area contributed by atoms with Gasteiger partial charge in [-0.3, -0.25) is 14.1 Å². The van der Waals surface area contributed by atoms with E-state index < -0.39 is 0 Å². The molecule has 6 nitrogen and oxygen atoms in total. The van der Waals surface area contributed by atoms with Gasteiger partial charge in [0, 0.05) is 24.5 Å². The van der Waals surface area contributed by atoms with Gasteiger partial charge >= 0.3 is 5.69 Å². The van der Waals surface area contributed by atoms with Crippen LogP contribution in [0, 0.1) is 5.92 Å². The molecule has 29 heavy (non-hydrogen) atoms. The van der Waals surface area contributed by atoms with Crippen LogP contribution in [0.25, 0.3) is 22.1 Å². The number of aryl methyl sites for hydroxylation is 1. The number of pyridine rings is 2. The van der Waals surface area contributed by atoms with Crippen LogP contribution >= 0.6 is 11.6 Å². The van der Waals surface area contributed by atoms with E-state index in [0.29, 0.717) is 23.7 Å². The average Bonchev–Trinajstić information content (AvgIpc) is 3.41. The summed E-state index contributed by atoms with van der Waals surface area (Å²) in [5, 5.41) is 0.483. The van der Waals surface area contributed by atoms with E-state index in [-0.39, 0.29) is 5.69 Å². The SMILES string of the molecule is CC(C)CCn1c(Cn2c(=O)n(C3CC3)c3ccncc32)cc2nc(Cl)ccc21. The average molecular weight is 410 g/mol. The zero-order chi connectivity index (χ0) is 20.1. The summed E-state index contributed by atoms with van der Waals surface area (Å²) in [4.78, 5) is 22.0. The standard InChI is InChI=1S/C22H24ClN5O/c1-14(2)8-10-26-16(11-17-18(26)5-6-21(23)25-17)13-27-20-12-24-9-7-19(20)28(22(27)29)15-3-4-15/h5-7,9,11-12,14-15H,3-4,8,10,13H2,1-2H3. The molecule has 0 aliphatic heterocycles. The molecule has 4 aromatic rings. The van der Waals surface area contributed by atoms with Crippen LogP contribution < -0.4 is 5.69 Å². The van der Waals surface area contributed by atoms with Crippen molar-refractivity contribution >= 4 is 33.7 Å². The van der Waals surface area contributed by atoms with Crippen LogP contribution in [-0.2, 0) is 13.1 Å². The normalized spacial score (nSPS) is 14.5. The molecule has 0 N–H and O–H groups in total. The van der Waals surface area contributed by atoms with Crippen LogP contribution in [0.1, 0.15) is 44.8 Å². The molecule has 4 heterocycles. The predicted molar refractivity (Wildman–Crippen MR) is 116 cm³/mol. The van der Waals surface area contributed by atoms with Crippen molar-refractivity contribution in [3.63, 3.8) is 0 Å². The van der Waals surface area contributed by atoms with Crippen LogP contribution in [0.3, 0.4) is 0 Å². The van der Waals surface area contributed by atoms with Gasteiger partial charge in [0.15, 0.2) is 0 Å². The molecular formula is C22H24ClN5O. The second kappa shape index (κ2) is 7.02. The van der Waals surface area contributed by atoms with Gasteiger partial charge in [-0.25, -0.2) is 9.78 Å². The van der Waals surface area contributed by atoms with E-state index in [4.69, 9.17) is 11.6 Å². The number of nitrogens with zero attached hydrogens (tertiary/aromatic N) is 5. The van der Waals surface area contributed by atoms with Crippen molar-refractivity contribution in [1.29, 1.82) is 0 Å². The number of halogens is 1. The lowest BCUT2D eigenvalue weighted by atomic mass is 10.1. The summed E-state index contributed by atoms with van der Waals surface area (Å²) in [5.41, 5.74) is 4.89. The van der Waals surface area contributed by atoms with Crippen molar-refractivity contribution in [3.05, 3.63) is 58.0 Å². The van der Waals surface area contributed by atoms with Gasteiger partial charge in [-0.2, -0.15) is 0 Å². The van der Waals surface area contributed by atoms with Gasteiger partial charge in [0.1, 0.15) is 5.15 Å². The molecule has 0 saturated heterocycles. The Morgan fingerprint density at radius 2 is 1.97 bits per heavy atom. The summed E-state index contributed by atoms with van der Waals surface area (Å²) in [6.07, 6.45) is 6.75. The van der Waals surface area contributed by atoms with Crippen LogP contribution in [0.15, 0.2) is 41.5 Å². The Morgan fingerprint density at radius 3 is 2.72 bits per heavy atom. The van der Waals surface area contributed by atoms with Gasteiger partial charge in [-0.1, -0.05) is 25.4 Å². The number of hydrogen-bond acceptors (Lipinski definition) is 3. The molecule has 0 aromatic carbocycles. The molecule has 5 rings (SSSR count). The molecule has 0 atom stereocenters. The van der Waals surface area contributed by atoms with E-state index in [1.807, 2.05) is 27.3 Å². The zero-order valence-electron chi connectivity index (χ0n) is 16.7. The molecule has 0 radical (unpaired) electrons. The first-order chi connectivity index (χ1) is 14.0. The molecule has 0 spiro atoms. The summed E-state index contributed by atoms with van der Waals surface area (Å²) in [5.74, 6) is 0.587. The first kappa shape index (κ1) is 18.4. The Bertz CT molecular complexity index is 1260. The topological polar surface area (TPSA) is 57.6 Å². The fourth-order valence-electron chi connectivity index (χ4n) is 4.08. The molecule has 0 unspecified atom stereocenters. The summed E-state index contributed by atoms with van der Waals surface area (Å²) < 4.78 is 6.07. The quantitative estimate of drug-likeness (QED) is 0.436. The molecule has 7 heteroatoms. The third-order valence-corrected chi connectivity index (χ3v) is 5.95. The maximum atomic E-state index is 13.3. The highest BCUT2D eigenvalue weighted by Crippen LogP contribution is 2.36.